The molecule has 13 nitrogen and oxygen atoms in total. The number of carbonyl (C=O) groups excluding carboxylic acids is 2. The molecule has 13 heteroatoms. The van der Waals surface area contributed by atoms with Crippen LogP contribution in [0.2, 0.25) is 0 Å². The van der Waals surface area contributed by atoms with Gasteiger partial charge in [0.05, 0.1) is 26.0 Å². The van der Waals surface area contributed by atoms with E-state index < -0.39 is 49.1 Å². The molecule has 0 bridgehead atoms. The van der Waals surface area contributed by atoms with Gasteiger partial charge >= 0.3 is 0 Å². The summed E-state index contributed by atoms with van der Waals surface area (Å²) in [5.41, 5.74) is 7.74. The fourth-order valence-electron chi connectivity index (χ4n) is 4.63. The van der Waals surface area contributed by atoms with Crippen molar-refractivity contribution in [3.05, 3.63) is 53.3 Å². The number of anilines is 1. The van der Waals surface area contributed by atoms with E-state index in [9.17, 15) is 30.0 Å². The molecule has 6 N–H and O–H groups in total. The fraction of sp³-hybridized carbons (Fsp3) is 0.417. The minimum atomic E-state index is -1.51. The first-order chi connectivity index (χ1) is 17.8. The van der Waals surface area contributed by atoms with Gasteiger partial charge in [0.15, 0.2) is 6.29 Å². The highest BCUT2D eigenvalue weighted by molar-refractivity contribution is 6.26. The van der Waals surface area contributed by atoms with Crippen molar-refractivity contribution >= 4 is 28.3 Å². The van der Waals surface area contributed by atoms with Crippen LogP contribution < -0.4 is 5.73 Å². The van der Waals surface area contributed by atoms with E-state index in [0.717, 1.165) is 4.90 Å². The summed E-state index contributed by atoms with van der Waals surface area (Å²) in [6.07, 6.45) is -4.64. The van der Waals surface area contributed by atoms with Gasteiger partial charge in [0, 0.05) is 34.1 Å². The lowest BCUT2D eigenvalue weighted by Gasteiger charge is -2.39. The van der Waals surface area contributed by atoms with Crippen molar-refractivity contribution in [1.82, 2.24) is 19.9 Å². The van der Waals surface area contributed by atoms with Crippen LogP contribution in [0, 0.1) is 0 Å². The Morgan fingerprint density at radius 1 is 1.03 bits per heavy atom. The molecule has 2 aliphatic heterocycles. The van der Waals surface area contributed by atoms with Crippen LogP contribution in [-0.2, 0) is 22.6 Å². The van der Waals surface area contributed by atoms with Crippen LogP contribution in [0.5, 0.6) is 0 Å². The van der Waals surface area contributed by atoms with Crippen LogP contribution in [-0.4, -0.2) is 96.1 Å². The molecule has 1 saturated heterocycles. The van der Waals surface area contributed by atoms with Gasteiger partial charge in [0.2, 0.25) is 0 Å². The van der Waals surface area contributed by atoms with Crippen molar-refractivity contribution in [1.29, 1.82) is 0 Å². The highest BCUT2D eigenvalue weighted by Crippen LogP contribution is 2.33. The van der Waals surface area contributed by atoms with E-state index in [-0.39, 0.29) is 13.2 Å². The van der Waals surface area contributed by atoms with Gasteiger partial charge in [0.25, 0.3) is 11.8 Å². The number of nitrogens with two attached hydrogens (primary N) is 1. The number of nitrogens with zero attached hydrogens (tertiary/aromatic N) is 4. The number of aromatic nitrogens is 3. The second-order valence-corrected chi connectivity index (χ2v) is 9.02. The second-order valence-electron chi connectivity index (χ2n) is 9.02. The molecule has 1 aromatic heterocycles. The van der Waals surface area contributed by atoms with Gasteiger partial charge in [-0.05, 0) is 24.6 Å². The average Bonchev–Trinajstić information content (AvgIpc) is 3.35. The van der Waals surface area contributed by atoms with Gasteiger partial charge in [0.1, 0.15) is 30.1 Å². The van der Waals surface area contributed by atoms with E-state index in [0.29, 0.717) is 46.2 Å². The van der Waals surface area contributed by atoms with Gasteiger partial charge in [-0.15, -0.1) is 5.10 Å². The largest absolute Gasteiger partial charge is 0.398 e. The first-order valence-electron chi connectivity index (χ1n) is 11.8. The highest BCUT2D eigenvalue weighted by Gasteiger charge is 2.44. The Kier molecular flexibility index (Phi) is 6.90. The number of aliphatic hydroxyl groups is 4. The highest BCUT2D eigenvalue weighted by atomic mass is 16.7. The number of rotatable bonds is 8. The molecule has 196 valence electrons. The van der Waals surface area contributed by atoms with Crippen LogP contribution in [0.4, 0.5) is 5.69 Å². The molecule has 3 aromatic rings. The van der Waals surface area contributed by atoms with Crippen molar-refractivity contribution in [3.8, 4) is 0 Å². The molecule has 2 aromatic carbocycles. The Labute approximate surface area is 210 Å². The molecule has 5 atom stereocenters. The van der Waals surface area contributed by atoms with Crippen molar-refractivity contribution in [3.63, 3.8) is 0 Å². The number of nitrogen functional groups attached to an aromatic ring is 1. The van der Waals surface area contributed by atoms with Crippen molar-refractivity contribution in [2.75, 3.05) is 18.9 Å². The number of hydrogen-bond acceptors (Lipinski definition) is 11. The van der Waals surface area contributed by atoms with E-state index in [1.54, 1.807) is 36.5 Å². The van der Waals surface area contributed by atoms with Crippen molar-refractivity contribution < 1.29 is 39.5 Å². The Balaban J connectivity index is 1.19. The molecular formula is C24H27N5O8. The third kappa shape index (κ3) is 4.56. The molecule has 3 heterocycles. The summed E-state index contributed by atoms with van der Waals surface area (Å²) in [6.45, 7) is -0.110. The molecule has 0 saturated carbocycles. The fourth-order valence-corrected chi connectivity index (χ4v) is 4.63. The van der Waals surface area contributed by atoms with Crippen LogP contribution in [0.3, 0.4) is 0 Å². The number of aryl methyl sites for hydroxylation is 1. The number of benzene rings is 2. The smallest absolute Gasteiger partial charge is 0.261 e. The summed E-state index contributed by atoms with van der Waals surface area (Å²) >= 11 is 0. The number of hydrogen-bond donors (Lipinski definition) is 5. The first-order valence-corrected chi connectivity index (χ1v) is 11.8. The summed E-state index contributed by atoms with van der Waals surface area (Å²) in [5, 5.41) is 48.3. The second kappa shape index (κ2) is 10.1. The maximum absolute atomic E-state index is 13.1. The summed E-state index contributed by atoms with van der Waals surface area (Å²) < 4.78 is 12.3. The third-order valence-corrected chi connectivity index (χ3v) is 6.59. The number of carbonyl (C=O) groups is 2. The summed E-state index contributed by atoms with van der Waals surface area (Å²) in [4.78, 5) is 27.4. The van der Waals surface area contributed by atoms with Crippen LogP contribution in [0.15, 0.2) is 36.5 Å². The normalized spacial score (nSPS) is 25.7. The zero-order valence-corrected chi connectivity index (χ0v) is 19.7. The molecule has 0 unspecified atom stereocenters. The van der Waals surface area contributed by atoms with Gasteiger partial charge in [-0.2, -0.15) is 0 Å². The van der Waals surface area contributed by atoms with E-state index in [1.807, 2.05) is 0 Å². The van der Waals surface area contributed by atoms with Crippen molar-refractivity contribution in [2.24, 2.45) is 0 Å². The lowest BCUT2D eigenvalue weighted by atomic mass is 9.93. The van der Waals surface area contributed by atoms with E-state index in [2.05, 4.69) is 10.3 Å². The molecular weight excluding hydrogens is 486 g/mol. The van der Waals surface area contributed by atoms with Crippen LogP contribution in [0.25, 0.3) is 10.8 Å². The number of amides is 2. The lowest BCUT2D eigenvalue weighted by Crippen LogP contribution is -2.59. The quantitative estimate of drug-likeness (QED) is 0.141. The molecule has 0 radical (unpaired) electrons. The Morgan fingerprint density at radius 3 is 2.54 bits per heavy atom. The zero-order chi connectivity index (χ0) is 26.3. The average molecular weight is 514 g/mol. The Hall–Kier alpha value is -3.46. The van der Waals surface area contributed by atoms with Gasteiger partial charge in [-0.25, -0.2) is 0 Å². The van der Waals surface area contributed by atoms with E-state index >= 15 is 0 Å². The van der Waals surface area contributed by atoms with Crippen LogP contribution >= 0.6 is 0 Å². The lowest BCUT2D eigenvalue weighted by molar-refractivity contribution is -0.301. The maximum Gasteiger partial charge on any atom is 0.261 e. The first kappa shape index (κ1) is 25.2. The zero-order valence-electron chi connectivity index (χ0n) is 19.7. The van der Waals surface area contributed by atoms with Gasteiger partial charge in [-0.3, -0.25) is 19.2 Å². The van der Waals surface area contributed by atoms with Gasteiger partial charge in [-0.1, -0.05) is 17.3 Å². The molecule has 0 spiro atoms. The topological polar surface area (TPSA) is 193 Å². The van der Waals surface area contributed by atoms with E-state index in [1.165, 1.54) is 4.68 Å². The summed E-state index contributed by atoms with van der Waals surface area (Å²) in [6, 6.07) is 8.44. The molecule has 0 aliphatic carbocycles. The number of aliphatic hydroxyl groups excluding tert-OH is 4. The predicted molar refractivity (Wildman–Crippen MR) is 127 cm³/mol. The Bertz CT molecular complexity index is 1310. The molecule has 2 amide bonds. The number of imide groups is 1. The minimum absolute atomic E-state index is 0.0563. The molecule has 37 heavy (non-hydrogen) atoms. The molecule has 2 aliphatic rings. The number of ether oxygens (including phenoxy) is 2. The molecule has 5 rings (SSSR count). The van der Waals surface area contributed by atoms with E-state index in [4.69, 9.17) is 15.2 Å². The molecule has 1 fully saturated rings. The van der Waals surface area contributed by atoms with Crippen molar-refractivity contribution in [2.45, 2.75) is 50.2 Å². The summed E-state index contributed by atoms with van der Waals surface area (Å²) in [5.74, 6) is -0.868. The SMILES string of the molecule is Nc1ccc2c3c(cccc13)C(=O)N(Cc1cn(CCCO[C@@H]3O[C@H](CO)[C@H](O)[C@H](O)[C@H]3O)nn1)C2=O. The van der Waals surface area contributed by atoms with Crippen LogP contribution in [0.1, 0.15) is 32.8 Å². The minimum Gasteiger partial charge on any atom is -0.398 e. The maximum atomic E-state index is 13.1. The van der Waals surface area contributed by atoms with Gasteiger partial charge < -0.3 is 35.6 Å². The third-order valence-electron chi connectivity index (χ3n) is 6.59. The Morgan fingerprint density at radius 2 is 1.78 bits per heavy atom. The summed E-state index contributed by atoms with van der Waals surface area (Å²) in [7, 11) is 0. The monoisotopic (exact) mass is 513 g/mol. The predicted octanol–water partition coefficient (Wildman–Crippen LogP) is -0.984. The standard InChI is InChI=1S/C24H27N5O8/c25-16-6-5-15-18-13(16)3-1-4-14(18)22(34)29(23(15)35)10-12-9-28(27-26-12)7-2-8-36-24-21(33)20(32)19(31)17(11-30)37-24/h1,3-6,9,17,19-21,24,30-33H,2,7-8,10-11,25H2/t17-,19+,20+,21-,24-/m1/s1.